The molecule has 2 rings (SSSR count). The molecule has 24 heavy (non-hydrogen) atoms. The van der Waals surface area contributed by atoms with Gasteiger partial charge in [0.1, 0.15) is 0 Å². The number of carbonyl (C=O) groups excluding carboxylic acids is 3. The third kappa shape index (κ3) is 4.84. The first-order valence-electron chi connectivity index (χ1n) is 7.26. The molecule has 0 radical (unpaired) electrons. The summed E-state index contributed by atoms with van der Waals surface area (Å²) in [6, 6.07) is 13.5. The Morgan fingerprint density at radius 2 is 1.54 bits per heavy atom. The Hall–Kier alpha value is -3.35. The minimum absolute atomic E-state index is 0.0204. The number of para-hydroxylation sites is 1. The van der Waals surface area contributed by atoms with Crippen molar-refractivity contribution in [3.05, 3.63) is 54.1 Å². The summed E-state index contributed by atoms with van der Waals surface area (Å²) in [5.74, 6) is -1.06. The summed E-state index contributed by atoms with van der Waals surface area (Å²) in [4.78, 5) is 34.3. The van der Waals surface area contributed by atoms with E-state index in [1.165, 1.54) is 6.92 Å². The van der Waals surface area contributed by atoms with E-state index in [0.717, 1.165) is 5.69 Å². The molecule has 0 aliphatic carbocycles. The highest BCUT2D eigenvalue weighted by Crippen LogP contribution is 2.15. The second-order valence-electron chi connectivity index (χ2n) is 5.07. The van der Waals surface area contributed by atoms with Crippen molar-refractivity contribution in [1.29, 1.82) is 0 Å². The van der Waals surface area contributed by atoms with Crippen molar-refractivity contribution in [2.75, 3.05) is 22.5 Å². The molecule has 0 spiro atoms. The summed E-state index contributed by atoms with van der Waals surface area (Å²) in [6.07, 6.45) is 0. The van der Waals surface area contributed by atoms with Gasteiger partial charge >= 0.3 is 0 Å². The zero-order valence-electron chi connectivity index (χ0n) is 13.1. The van der Waals surface area contributed by atoms with E-state index >= 15 is 0 Å². The van der Waals surface area contributed by atoms with Gasteiger partial charge in [0, 0.05) is 18.3 Å². The average Bonchev–Trinajstić information content (AvgIpc) is 2.54. The second-order valence-corrected chi connectivity index (χ2v) is 5.07. The number of amides is 3. The number of hydrogen-bond donors (Lipinski definition) is 4. The lowest BCUT2D eigenvalue weighted by atomic mass is 10.1. The largest absolute Gasteiger partial charge is 0.376 e. The molecule has 0 unspecified atom stereocenters. The molecule has 0 bridgehead atoms. The molecule has 0 saturated carbocycles. The molecule has 0 aliphatic heterocycles. The van der Waals surface area contributed by atoms with Gasteiger partial charge in [-0.2, -0.15) is 0 Å². The first-order valence-corrected chi connectivity index (χ1v) is 7.26. The van der Waals surface area contributed by atoms with Crippen molar-refractivity contribution in [3.8, 4) is 0 Å². The number of hydrogen-bond acceptors (Lipinski definition) is 4. The van der Waals surface area contributed by atoms with Crippen LogP contribution in [0, 0.1) is 0 Å². The Labute approximate surface area is 139 Å². The molecule has 0 heterocycles. The molecular weight excluding hydrogens is 308 g/mol. The van der Waals surface area contributed by atoms with Crippen molar-refractivity contribution in [3.63, 3.8) is 0 Å². The lowest BCUT2D eigenvalue weighted by molar-refractivity contribution is -0.115. The lowest BCUT2D eigenvalue weighted by Crippen LogP contribution is -2.24. The van der Waals surface area contributed by atoms with Gasteiger partial charge in [0.2, 0.25) is 11.8 Å². The van der Waals surface area contributed by atoms with Crippen molar-refractivity contribution >= 4 is 34.8 Å². The van der Waals surface area contributed by atoms with Gasteiger partial charge < -0.3 is 21.7 Å². The third-order valence-corrected chi connectivity index (χ3v) is 3.12. The molecule has 0 fully saturated rings. The van der Waals surface area contributed by atoms with Crippen molar-refractivity contribution in [2.24, 2.45) is 5.73 Å². The van der Waals surface area contributed by atoms with Crippen LogP contribution in [0.4, 0.5) is 17.1 Å². The molecule has 124 valence electrons. The Kier molecular flexibility index (Phi) is 5.51. The van der Waals surface area contributed by atoms with Crippen LogP contribution in [0.2, 0.25) is 0 Å². The van der Waals surface area contributed by atoms with E-state index in [9.17, 15) is 14.4 Å². The van der Waals surface area contributed by atoms with Gasteiger partial charge in [-0.05, 0) is 36.4 Å². The molecule has 5 N–H and O–H groups in total. The average molecular weight is 326 g/mol. The Morgan fingerprint density at radius 3 is 2.17 bits per heavy atom. The van der Waals surface area contributed by atoms with Gasteiger partial charge in [-0.3, -0.25) is 14.4 Å². The zero-order valence-corrected chi connectivity index (χ0v) is 13.1. The van der Waals surface area contributed by atoms with Gasteiger partial charge in [0.25, 0.3) is 5.91 Å². The van der Waals surface area contributed by atoms with Gasteiger partial charge in [-0.15, -0.1) is 0 Å². The number of rotatable bonds is 6. The van der Waals surface area contributed by atoms with E-state index in [-0.39, 0.29) is 23.9 Å². The van der Waals surface area contributed by atoms with E-state index in [1.54, 1.807) is 48.5 Å². The third-order valence-electron chi connectivity index (χ3n) is 3.12. The topological polar surface area (TPSA) is 113 Å². The van der Waals surface area contributed by atoms with Crippen LogP contribution in [0.1, 0.15) is 17.3 Å². The highest BCUT2D eigenvalue weighted by atomic mass is 16.2. The number of primary amides is 1. The van der Waals surface area contributed by atoms with Crippen LogP contribution in [0.25, 0.3) is 0 Å². The van der Waals surface area contributed by atoms with Crippen LogP contribution >= 0.6 is 0 Å². The van der Waals surface area contributed by atoms with E-state index in [1.807, 2.05) is 0 Å². The maximum Gasteiger partial charge on any atom is 0.250 e. The number of anilines is 3. The Balaban J connectivity index is 1.92. The molecule has 2 aromatic carbocycles. The maximum atomic E-state index is 12.0. The fourth-order valence-electron chi connectivity index (χ4n) is 2.06. The second kappa shape index (κ2) is 7.77. The molecule has 0 aromatic heterocycles. The van der Waals surface area contributed by atoms with E-state index < -0.39 is 5.91 Å². The minimum Gasteiger partial charge on any atom is -0.376 e. The molecule has 7 heteroatoms. The summed E-state index contributed by atoms with van der Waals surface area (Å²) in [5.41, 5.74) is 7.29. The quantitative estimate of drug-likeness (QED) is 0.648. The molecule has 2 aromatic rings. The molecule has 0 saturated heterocycles. The van der Waals surface area contributed by atoms with E-state index in [2.05, 4.69) is 16.0 Å². The molecule has 3 amide bonds. The fourth-order valence-corrected chi connectivity index (χ4v) is 2.06. The highest BCUT2D eigenvalue weighted by molar-refractivity contribution is 6.03. The molecule has 7 nitrogen and oxygen atoms in total. The van der Waals surface area contributed by atoms with Crippen LogP contribution in [-0.2, 0) is 9.59 Å². The molecule has 0 atom stereocenters. The predicted octanol–water partition coefficient (Wildman–Crippen LogP) is 1.79. The van der Waals surface area contributed by atoms with Crippen molar-refractivity contribution in [2.45, 2.75) is 6.92 Å². The first-order chi connectivity index (χ1) is 11.5. The number of nitrogens with two attached hydrogens (primary N) is 1. The summed E-state index contributed by atoms with van der Waals surface area (Å²) in [7, 11) is 0. The van der Waals surface area contributed by atoms with Gasteiger partial charge in [-0.25, -0.2) is 0 Å². The van der Waals surface area contributed by atoms with Crippen molar-refractivity contribution in [1.82, 2.24) is 0 Å². The first kappa shape index (κ1) is 17.0. The lowest BCUT2D eigenvalue weighted by Gasteiger charge is -2.10. The van der Waals surface area contributed by atoms with Crippen molar-refractivity contribution < 1.29 is 14.4 Å². The number of carbonyl (C=O) groups is 3. The maximum absolute atomic E-state index is 12.0. The summed E-state index contributed by atoms with van der Waals surface area (Å²) >= 11 is 0. The standard InChI is InChI=1S/C17H18N4O3/c1-11(22)20-13-8-6-12(7-9-13)19-10-16(23)21-15-5-3-2-4-14(15)17(18)24/h2-9,19H,10H2,1H3,(H2,18,24)(H,20,22)(H,21,23). The summed E-state index contributed by atoms with van der Waals surface area (Å²) < 4.78 is 0. The van der Waals surface area contributed by atoms with Crippen LogP contribution in [0.5, 0.6) is 0 Å². The summed E-state index contributed by atoms with van der Waals surface area (Å²) in [6.45, 7) is 1.45. The Bertz CT molecular complexity index is 757. The SMILES string of the molecule is CC(=O)Nc1ccc(NCC(=O)Nc2ccccc2C(N)=O)cc1. The highest BCUT2D eigenvalue weighted by Gasteiger charge is 2.10. The normalized spacial score (nSPS) is 9.88. The van der Waals surface area contributed by atoms with Gasteiger partial charge in [-0.1, -0.05) is 12.1 Å². The van der Waals surface area contributed by atoms with E-state index in [4.69, 9.17) is 5.73 Å². The monoisotopic (exact) mass is 326 g/mol. The summed E-state index contributed by atoms with van der Waals surface area (Å²) in [5, 5.41) is 8.25. The Morgan fingerprint density at radius 1 is 0.917 bits per heavy atom. The zero-order chi connectivity index (χ0) is 17.5. The van der Waals surface area contributed by atoms with Crippen LogP contribution in [-0.4, -0.2) is 24.3 Å². The van der Waals surface area contributed by atoms with Crippen LogP contribution in [0.15, 0.2) is 48.5 Å². The smallest absolute Gasteiger partial charge is 0.250 e. The van der Waals surface area contributed by atoms with E-state index in [0.29, 0.717) is 11.4 Å². The molecule has 0 aliphatic rings. The van der Waals surface area contributed by atoms with Gasteiger partial charge in [0.05, 0.1) is 17.8 Å². The fraction of sp³-hybridized carbons (Fsp3) is 0.118. The minimum atomic E-state index is -0.604. The van der Waals surface area contributed by atoms with Crippen LogP contribution in [0.3, 0.4) is 0 Å². The van der Waals surface area contributed by atoms with Gasteiger partial charge in [0.15, 0.2) is 0 Å². The number of nitrogens with one attached hydrogen (secondary N) is 3. The molecular formula is C17H18N4O3. The van der Waals surface area contributed by atoms with Crippen LogP contribution < -0.4 is 21.7 Å². The number of benzene rings is 2. The predicted molar refractivity (Wildman–Crippen MR) is 92.8 cm³/mol.